The molecule has 1 rings (SSSR count). The zero-order valence-electron chi connectivity index (χ0n) is 10.5. The molecule has 0 saturated carbocycles. The highest BCUT2D eigenvalue weighted by Gasteiger charge is 2.07. The van der Waals surface area contributed by atoms with E-state index in [-0.39, 0.29) is 5.69 Å². The van der Waals surface area contributed by atoms with E-state index in [1.54, 1.807) is 12.1 Å². The summed E-state index contributed by atoms with van der Waals surface area (Å²) in [4.78, 5) is 10.0. The predicted octanol–water partition coefficient (Wildman–Crippen LogP) is 2.07. The molecule has 0 fully saturated rings. The fourth-order valence-electron chi connectivity index (χ4n) is 1.39. The minimum absolute atomic E-state index is 0.0868. The molecule has 0 aliphatic rings. The molecule has 1 aromatic rings. The van der Waals surface area contributed by atoms with Gasteiger partial charge in [-0.1, -0.05) is 0 Å². The van der Waals surface area contributed by atoms with Gasteiger partial charge < -0.3 is 9.22 Å². The lowest BCUT2D eigenvalue weighted by molar-refractivity contribution is -0.870. The molecule has 0 spiro atoms. The van der Waals surface area contributed by atoms with Crippen molar-refractivity contribution in [3.8, 4) is 5.75 Å². The van der Waals surface area contributed by atoms with Crippen LogP contribution in [0.4, 0.5) is 5.69 Å². The summed E-state index contributed by atoms with van der Waals surface area (Å²) in [6.07, 6.45) is 0.959. The number of hydrogen-bond acceptors (Lipinski definition) is 3. The van der Waals surface area contributed by atoms with Gasteiger partial charge in [0.1, 0.15) is 5.75 Å². The highest BCUT2D eigenvalue weighted by molar-refractivity contribution is 5.35. The van der Waals surface area contributed by atoms with E-state index in [0.29, 0.717) is 12.4 Å². The predicted molar refractivity (Wildman–Crippen MR) is 66.1 cm³/mol. The van der Waals surface area contributed by atoms with Crippen molar-refractivity contribution in [2.24, 2.45) is 0 Å². The second-order valence-electron chi connectivity index (χ2n) is 4.97. The van der Waals surface area contributed by atoms with Crippen molar-refractivity contribution < 1.29 is 14.1 Å². The van der Waals surface area contributed by atoms with Crippen LogP contribution < -0.4 is 4.74 Å². The Bertz CT molecular complexity index is 368. The summed E-state index contributed by atoms with van der Waals surface area (Å²) in [5.74, 6) is 0.678. The molecule has 0 heterocycles. The SMILES string of the molecule is C[N+](C)(C)CCCOc1ccc([N+](=O)[O-])cc1. The molecule has 94 valence electrons. The molecule has 5 heteroatoms. The summed E-state index contributed by atoms with van der Waals surface area (Å²) in [5.41, 5.74) is 0.0868. The molecule has 0 unspecified atom stereocenters. The van der Waals surface area contributed by atoms with E-state index in [9.17, 15) is 10.1 Å². The van der Waals surface area contributed by atoms with Crippen LogP contribution in [0, 0.1) is 10.1 Å². The molecular weight excluding hydrogens is 220 g/mol. The van der Waals surface area contributed by atoms with Crippen molar-refractivity contribution >= 4 is 5.69 Å². The van der Waals surface area contributed by atoms with Crippen LogP contribution in [0.25, 0.3) is 0 Å². The third-order valence-electron chi connectivity index (χ3n) is 2.29. The molecule has 0 aliphatic carbocycles. The van der Waals surface area contributed by atoms with Gasteiger partial charge in [-0.2, -0.15) is 0 Å². The summed E-state index contributed by atoms with van der Waals surface area (Å²) in [7, 11) is 6.39. The highest BCUT2D eigenvalue weighted by Crippen LogP contribution is 2.17. The largest absolute Gasteiger partial charge is 0.493 e. The maximum Gasteiger partial charge on any atom is 0.269 e. The third kappa shape index (κ3) is 5.31. The van der Waals surface area contributed by atoms with Crippen LogP contribution in [0.1, 0.15) is 6.42 Å². The Labute approximate surface area is 101 Å². The van der Waals surface area contributed by atoms with Gasteiger partial charge in [0.15, 0.2) is 0 Å². The summed E-state index contributed by atoms with van der Waals surface area (Å²) in [6.45, 7) is 1.67. The number of quaternary nitrogens is 1. The molecular formula is C12H19N2O3+. The molecule has 0 aromatic heterocycles. The molecule has 17 heavy (non-hydrogen) atoms. The minimum Gasteiger partial charge on any atom is -0.493 e. The van der Waals surface area contributed by atoms with Crippen molar-refractivity contribution in [3.05, 3.63) is 34.4 Å². The number of benzene rings is 1. The Balaban J connectivity index is 2.35. The molecule has 5 nitrogen and oxygen atoms in total. The first-order valence-corrected chi connectivity index (χ1v) is 5.56. The molecule has 0 amide bonds. The quantitative estimate of drug-likeness (QED) is 0.330. The lowest BCUT2D eigenvalue weighted by atomic mass is 10.3. The standard InChI is InChI=1S/C12H19N2O3/c1-14(2,3)9-4-10-17-12-7-5-11(6-8-12)13(15)16/h5-8H,4,9-10H2,1-3H3/q+1. The number of nitro benzene ring substituents is 1. The molecule has 0 radical (unpaired) electrons. The van der Waals surface area contributed by atoms with Gasteiger partial charge in [0, 0.05) is 18.6 Å². The Morgan fingerprint density at radius 2 is 1.82 bits per heavy atom. The van der Waals surface area contributed by atoms with Crippen LogP contribution >= 0.6 is 0 Å². The maximum absolute atomic E-state index is 10.4. The van der Waals surface area contributed by atoms with Crippen molar-refractivity contribution in [1.29, 1.82) is 0 Å². The first kappa shape index (κ1) is 13.4. The Kier molecular flexibility index (Phi) is 4.45. The lowest BCUT2D eigenvalue weighted by Crippen LogP contribution is -2.35. The summed E-state index contributed by atoms with van der Waals surface area (Å²) in [5, 5.41) is 10.4. The van der Waals surface area contributed by atoms with E-state index in [1.165, 1.54) is 12.1 Å². The van der Waals surface area contributed by atoms with Crippen LogP contribution in [0.3, 0.4) is 0 Å². The Morgan fingerprint density at radius 3 is 2.29 bits per heavy atom. The van der Waals surface area contributed by atoms with E-state index in [2.05, 4.69) is 21.1 Å². The molecule has 0 N–H and O–H groups in total. The van der Waals surface area contributed by atoms with Gasteiger partial charge in [-0.3, -0.25) is 10.1 Å². The normalized spacial score (nSPS) is 11.2. The highest BCUT2D eigenvalue weighted by atomic mass is 16.6. The second-order valence-corrected chi connectivity index (χ2v) is 4.97. The monoisotopic (exact) mass is 239 g/mol. The van der Waals surface area contributed by atoms with Gasteiger partial charge in [0.2, 0.25) is 0 Å². The van der Waals surface area contributed by atoms with Crippen LogP contribution in [0.15, 0.2) is 24.3 Å². The van der Waals surface area contributed by atoms with Crippen molar-refractivity contribution in [3.63, 3.8) is 0 Å². The van der Waals surface area contributed by atoms with Crippen molar-refractivity contribution in [2.45, 2.75) is 6.42 Å². The zero-order chi connectivity index (χ0) is 12.9. The van der Waals surface area contributed by atoms with Crippen molar-refractivity contribution in [1.82, 2.24) is 0 Å². The third-order valence-corrected chi connectivity index (χ3v) is 2.29. The number of rotatable bonds is 6. The Hall–Kier alpha value is -1.62. The fourth-order valence-corrected chi connectivity index (χ4v) is 1.39. The van der Waals surface area contributed by atoms with Crippen LogP contribution in [-0.2, 0) is 0 Å². The molecule has 0 atom stereocenters. The van der Waals surface area contributed by atoms with Gasteiger partial charge in [-0.25, -0.2) is 0 Å². The van der Waals surface area contributed by atoms with Gasteiger partial charge in [-0.05, 0) is 12.1 Å². The molecule has 0 bridgehead atoms. The summed E-state index contributed by atoms with van der Waals surface area (Å²) in [6, 6.07) is 6.17. The first-order chi connectivity index (χ1) is 7.88. The first-order valence-electron chi connectivity index (χ1n) is 5.56. The lowest BCUT2D eigenvalue weighted by Gasteiger charge is -2.23. The zero-order valence-corrected chi connectivity index (χ0v) is 10.5. The van der Waals surface area contributed by atoms with Gasteiger partial charge >= 0.3 is 0 Å². The number of ether oxygens (including phenoxy) is 1. The average molecular weight is 239 g/mol. The average Bonchev–Trinajstić information content (AvgIpc) is 2.24. The number of hydrogen-bond donors (Lipinski definition) is 0. The topological polar surface area (TPSA) is 52.4 Å². The number of nitrogens with zero attached hydrogens (tertiary/aromatic N) is 2. The van der Waals surface area contributed by atoms with Gasteiger partial charge in [0.25, 0.3) is 5.69 Å². The van der Waals surface area contributed by atoms with E-state index < -0.39 is 4.92 Å². The minimum atomic E-state index is -0.416. The molecule has 0 aliphatic heterocycles. The van der Waals surface area contributed by atoms with Crippen LogP contribution in [0.2, 0.25) is 0 Å². The fraction of sp³-hybridized carbons (Fsp3) is 0.500. The molecule has 1 aromatic carbocycles. The van der Waals surface area contributed by atoms with E-state index in [1.807, 2.05) is 0 Å². The van der Waals surface area contributed by atoms with E-state index in [4.69, 9.17) is 4.74 Å². The summed E-state index contributed by atoms with van der Waals surface area (Å²) < 4.78 is 6.41. The van der Waals surface area contributed by atoms with E-state index in [0.717, 1.165) is 17.4 Å². The summed E-state index contributed by atoms with van der Waals surface area (Å²) >= 11 is 0. The van der Waals surface area contributed by atoms with Gasteiger partial charge in [0.05, 0.1) is 39.2 Å². The second kappa shape index (κ2) is 5.63. The van der Waals surface area contributed by atoms with Crippen LogP contribution in [0.5, 0.6) is 5.75 Å². The smallest absolute Gasteiger partial charge is 0.269 e. The molecule has 0 saturated heterocycles. The van der Waals surface area contributed by atoms with Crippen LogP contribution in [-0.4, -0.2) is 43.7 Å². The van der Waals surface area contributed by atoms with E-state index >= 15 is 0 Å². The van der Waals surface area contributed by atoms with Gasteiger partial charge in [-0.15, -0.1) is 0 Å². The Morgan fingerprint density at radius 1 is 1.24 bits per heavy atom. The maximum atomic E-state index is 10.4. The van der Waals surface area contributed by atoms with Crippen molar-refractivity contribution in [2.75, 3.05) is 34.3 Å². The number of nitro groups is 1. The number of non-ortho nitro benzene ring substituents is 1.